The fourth-order valence-corrected chi connectivity index (χ4v) is 10.1. The Labute approximate surface area is 464 Å². The molecule has 11 aromatic rings. The molecule has 75 heavy (non-hydrogen) atoms. The van der Waals surface area contributed by atoms with Crippen molar-refractivity contribution in [3.8, 4) is 61.8 Å². The van der Waals surface area contributed by atoms with Gasteiger partial charge in [0.15, 0.2) is 0 Å². The van der Waals surface area contributed by atoms with Crippen molar-refractivity contribution in [3.05, 3.63) is 248 Å². The average Bonchev–Trinajstić information content (AvgIpc) is 4.24. The van der Waals surface area contributed by atoms with Crippen molar-refractivity contribution < 1.29 is 34.0 Å². The minimum absolute atomic E-state index is 0. The van der Waals surface area contributed by atoms with Crippen LogP contribution in [0, 0.1) is 25.7 Å². The summed E-state index contributed by atoms with van der Waals surface area (Å²) in [6.45, 7) is 12.6. The maximum absolute atomic E-state index is 9.47. The Morgan fingerprint density at radius 1 is 0.533 bits per heavy atom. The zero-order chi connectivity index (χ0) is 55.8. The fraction of sp³-hybridized carbons (Fsp3) is 0.130. The monoisotopic (exact) mass is 1160 g/mol. The van der Waals surface area contributed by atoms with E-state index >= 15 is 0 Å². The predicted molar refractivity (Wildman–Crippen MR) is 308 cm³/mol. The molecule has 2 aromatic heterocycles. The molecule has 0 amide bonds. The van der Waals surface area contributed by atoms with Crippen molar-refractivity contribution in [1.82, 2.24) is 9.55 Å². The van der Waals surface area contributed by atoms with Gasteiger partial charge in [-0.05, 0) is 101 Å². The van der Waals surface area contributed by atoms with Gasteiger partial charge in [0.1, 0.15) is 5.82 Å². The number of aromatic nitrogens is 2. The van der Waals surface area contributed by atoms with Crippen LogP contribution in [0.1, 0.15) is 66.5 Å². The van der Waals surface area contributed by atoms with Crippen LogP contribution in [0.2, 0.25) is 0 Å². The first kappa shape index (κ1) is 42.4. The second kappa shape index (κ2) is 19.7. The van der Waals surface area contributed by atoms with Gasteiger partial charge < -0.3 is 19.1 Å². The van der Waals surface area contributed by atoms with E-state index in [2.05, 4.69) is 156 Å². The third-order valence-corrected chi connectivity index (χ3v) is 14.0. The summed E-state index contributed by atoms with van der Waals surface area (Å²) < 4.78 is 62.5. The number of anilines is 4. The Hall–Kier alpha value is -7.98. The largest absolute Gasteiger partial charge is 0.509 e. The number of pyridine rings is 1. The number of hydrogen-bond acceptors (Lipinski definition) is 4. The van der Waals surface area contributed by atoms with Crippen LogP contribution in [0.15, 0.2) is 212 Å². The number of para-hydroxylation sites is 3. The third-order valence-electron chi connectivity index (χ3n) is 14.0. The summed E-state index contributed by atoms with van der Waals surface area (Å²) in [5.41, 5.74) is 13.9. The van der Waals surface area contributed by atoms with Crippen molar-refractivity contribution in [2.45, 2.75) is 59.2 Å². The maximum atomic E-state index is 9.47. The summed E-state index contributed by atoms with van der Waals surface area (Å²) in [6, 6.07) is 69.1. The van der Waals surface area contributed by atoms with E-state index in [1.54, 1.807) is 18.3 Å². The van der Waals surface area contributed by atoms with Crippen molar-refractivity contribution in [1.29, 1.82) is 0 Å². The zero-order valence-corrected chi connectivity index (χ0v) is 44.8. The van der Waals surface area contributed by atoms with Gasteiger partial charge in [0.2, 0.25) is 0 Å². The molecular weight excluding hydrogens is 1100 g/mol. The van der Waals surface area contributed by atoms with Crippen LogP contribution in [0.5, 0.6) is 11.5 Å². The van der Waals surface area contributed by atoms with Crippen LogP contribution in [0.25, 0.3) is 72.1 Å². The summed E-state index contributed by atoms with van der Waals surface area (Å²) in [5, 5.41) is 1.76. The molecule has 0 fully saturated rings. The summed E-state index contributed by atoms with van der Waals surface area (Å²) in [7, 11) is 0. The molecule has 0 atom stereocenters. The Morgan fingerprint density at radius 2 is 1.16 bits per heavy atom. The zero-order valence-electron chi connectivity index (χ0n) is 48.6. The van der Waals surface area contributed by atoms with Gasteiger partial charge in [-0.2, -0.15) is 12.1 Å². The molecule has 5 nitrogen and oxygen atoms in total. The van der Waals surface area contributed by atoms with E-state index in [4.69, 9.17) is 13.8 Å². The van der Waals surface area contributed by atoms with Crippen molar-refractivity contribution in [3.63, 3.8) is 0 Å². The van der Waals surface area contributed by atoms with Crippen molar-refractivity contribution in [2.75, 3.05) is 9.80 Å². The van der Waals surface area contributed by atoms with Crippen LogP contribution in [0.4, 0.5) is 22.7 Å². The second-order valence-electron chi connectivity index (χ2n) is 21.0. The average molecular weight is 1160 g/mol. The van der Waals surface area contributed by atoms with Gasteiger partial charge in [-0.15, -0.1) is 48.0 Å². The normalized spacial score (nSPS) is 13.8. The molecule has 6 heteroatoms. The second-order valence-corrected chi connectivity index (χ2v) is 21.0. The van der Waals surface area contributed by atoms with Gasteiger partial charge in [-0.3, -0.25) is 0 Å². The van der Waals surface area contributed by atoms with Crippen LogP contribution in [-0.4, -0.2) is 9.55 Å². The summed E-state index contributed by atoms with van der Waals surface area (Å²) in [6.07, 6.45) is 1.62. The number of ether oxygens (including phenoxy) is 1. The first-order valence-corrected chi connectivity index (χ1v) is 25.0. The molecule has 372 valence electrons. The number of nitrogens with zero attached hydrogens (tertiary/aromatic N) is 4. The quantitative estimate of drug-likeness (QED) is 0.135. The van der Waals surface area contributed by atoms with E-state index in [1.807, 2.05) is 95.0 Å². The molecule has 1 aliphatic rings. The molecule has 0 N–H and O–H groups in total. The molecule has 9 aromatic carbocycles. The van der Waals surface area contributed by atoms with Crippen LogP contribution in [0.3, 0.4) is 0 Å². The van der Waals surface area contributed by atoms with Gasteiger partial charge >= 0.3 is 0 Å². The maximum Gasteiger partial charge on any atom is 0.135 e. The van der Waals surface area contributed by atoms with E-state index in [9.17, 15) is 4.11 Å². The molecule has 0 radical (unpaired) electrons. The van der Waals surface area contributed by atoms with E-state index < -0.39 is 6.85 Å². The van der Waals surface area contributed by atoms with Crippen molar-refractivity contribution >= 4 is 44.6 Å². The Morgan fingerprint density at radius 3 is 1.88 bits per heavy atom. The first-order chi connectivity index (χ1) is 38.3. The van der Waals surface area contributed by atoms with Gasteiger partial charge in [-0.1, -0.05) is 193 Å². The first-order valence-electron chi connectivity index (χ1n) is 28.0. The van der Waals surface area contributed by atoms with E-state index in [1.165, 1.54) is 5.56 Å². The molecule has 0 saturated heterocycles. The molecule has 0 aliphatic carbocycles. The molecule has 0 bridgehead atoms. The molecule has 0 unspecified atom stereocenters. The minimum atomic E-state index is -2.46. The molecule has 0 spiro atoms. The minimum Gasteiger partial charge on any atom is -0.509 e. The Balaban J connectivity index is 0.00000690. The summed E-state index contributed by atoms with van der Waals surface area (Å²) >= 11 is 0. The van der Waals surface area contributed by atoms with Crippen LogP contribution in [-0.2, 0) is 31.9 Å². The summed E-state index contributed by atoms with van der Waals surface area (Å²) in [5.74, 6) is 0.549. The fourth-order valence-electron chi connectivity index (χ4n) is 10.1. The molecule has 0 saturated carbocycles. The van der Waals surface area contributed by atoms with Crippen LogP contribution < -0.4 is 14.5 Å². The standard InChI is InChI=1S/C69H57N4O.Pt/c1-46-39-66(70-44-61(46)48-21-12-9-13-22-48)73-62-38-35-53(69(5,6)7)41-60(62)59-37-36-56(43-65(59)73)74-55-26-17-25-54(42-55)71-45-72(64-30-15-14-29-63(64)71)67-57(49-31-33-52(34-32-49)68(2,3)4)27-18-28-58(67)51-24-16-23-50(40-51)47-19-10-8-11-20-47;/h8-41,44-45H,1-7H3;/q-3;/i1D3,17D,25D,26D;. The molecule has 3 heterocycles. The third kappa shape index (κ3) is 9.36. The van der Waals surface area contributed by atoms with Gasteiger partial charge in [0.05, 0.1) is 0 Å². The van der Waals surface area contributed by atoms with Gasteiger partial charge in [0, 0.05) is 83.5 Å². The number of benzene rings is 9. The van der Waals surface area contributed by atoms with Gasteiger partial charge in [0.25, 0.3) is 0 Å². The van der Waals surface area contributed by atoms with E-state index in [0.717, 1.165) is 77.9 Å². The Kier molecular flexibility index (Phi) is 11.1. The molecular formula is C69H57N4OPt-3. The number of rotatable bonds is 9. The predicted octanol–water partition coefficient (Wildman–Crippen LogP) is 18.5. The SMILES string of the molecule is [2H]c1c(Oc2[c-]c3c(cc2)c2cc(C(C)(C)C)ccc2n3-c2cc(C([2H])([2H])[2H])c(-c3ccccc3)cn2)[c-]c(N2[CH-]N(c3c(-c4ccc(C(C)(C)C)cc4)cccc3-c3cccc(-c4ccccc4)c3)c3ccccc32)c([2H])c1[2H].[Pt]. The molecule has 1 aliphatic heterocycles. The smallest absolute Gasteiger partial charge is 0.135 e. The topological polar surface area (TPSA) is 33.5 Å². The number of aryl methyl sites for hydroxylation is 1. The Bertz CT molecular complexity index is 4190. The summed E-state index contributed by atoms with van der Waals surface area (Å²) in [4.78, 5) is 8.94. The van der Waals surface area contributed by atoms with Gasteiger partial charge in [-0.25, -0.2) is 4.98 Å². The number of hydrogen-bond donors (Lipinski definition) is 0. The number of fused-ring (bicyclic) bond motifs is 4. The molecule has 12 rings (SSSR count). The van der Waals surface area contributed by atoms with Crippen molar-refractivity contribution in [2.24, 2.45) is 0 Å². The van der Waals surface area contributed by atoms with E-state index in [0.29, 0.717) is 16.9 Å². The van der Waals surface area contributed by atoms with Crippen LogP contribution >= 0.6 is 0 Å². The van der Waals surface area contributed by atoms with E-state index in [-0.39, 0.29) is 72.8 Å².